The first-order valence-corrected chi connectivity index (χ1v) is 6.17. The second-order valence-corrected chi connectivity index (χ2v) is 4.67. The van der Waals surface area contributed by atoms with Gasteiger partial charge in [0.25, 0.3) is 0 Å². The van der Waals surface area contributed by atoms with E-state index in [0.29, 0.717) is 11.6 Å². The molecule has 3 nitrogen and oxygen atoms in total. The summed E-state index contributed by atoms with van der Waals surface area (Å²) in [5.41, 5.74) is 7.53. The van der Waals surface area contributed by atoms with Crippen LogP contribution in [0.2, 0.25) is 5.15 Å². The van der Waals surface area contributed by atoms with Crippen molar-refractivity contribution < 1.29 is 0 Å². The molecule has 0 aliphatic heterocycles. The van der Waals surface area contributed by atoms with Crippen molar-refractivity contribution in [2.24, 2.45) is 16.6 Å². The summed E-state index contributed by atoms with van der Waals surface area (Å²) in [6.07, 6.45) is 8.42. The maximum Gasteiger partial charge on any atom is 0.132 e. The lowest BCUT2D eigenvalue weighted by Crippen LogP contribution is -1.98. The second kappa shape index (κ2) is 5.82. The van der Waals surface area contributed by atoms with Crippen LogP contribution >= 0.6 is 11.6 Å². The van der Waals surface area contributed by atoms with Gasteiger partial charge in [-0.2, -0.15) is 0 Å². The number of allylic oxidation sites excluding steroid dienone is 1. The molecule has 0 spiro atoms. The molecule has 1 aromatic rings. The standard InChI is InChI=1S/C13H16ClN3/c14-13-12(2-1-5-17-13)6-11(7-15)9-16-8-10-3-4-10/h1-2,5,7,9-10H,3-4,6,8,15H2. The van der Waals surface area contributed by atoms with Gasteiger partial charge in [0.1, 0.15) is 5.15 Å². The Kier molecular flexibility index (Phi) is 4.15. The van der Waals surface area contributed by atoms with Crippen LogP contribution in [0, 0.1) is 5.92 Å². The fraction of sp³-hybridized carbons (Fsp3) is 0.385. The second-order valence-electron chi connectivity index (χ2n) is 4.31. The van der Waals surface area contributed by atoms with E-state index in [0.717, 1.165) is 23.6 Å². The van der Waals surface area contributed by atoms with E-state index in [9.17, 15) is 0 Å². The van der Waals surface area contributed by atoms with E-state index < -0.39 is 0 Å². The quantitative estimate of drug-likeness (QED) is 0.644. The van der Waals surface area contributed by atoms with E-state index in [1.807, 2.05) is 18.3 Å². The Hall–Kier alpha value is -1.35. The van der Waals surface area contributed by atoms with Gasteiger partial charge in [0.2, 0.25) is 0 Å². The van der Waals surface area contributed by atoms with E-state index >= 15 is 0 Å². The Bertz CT molecular complexity index is 436. The summed E-state index contributed by atoms with van der Waals surface area (Å²) in [6.45, 7) is 0.915. The van der Waals surface area contributed by atoms with Crippen LogP contribution in [-0.4, -0.2) is 17.7 Å². The highest BCUT2D eigenvalue weighted by molar-refractivity contribution is 6.30. The Balaban J connectivity index is 1.95. The van der Waals surface area contributed by atoms with Crippen LogP contribution in [0.25, 0.3) is 0 Å². The maximum atomic E-state index is 6.00. The van der Waals surface area contributed by atoms with Crippen molar-refractivity contribution in [3.05, 3.63) is 40.8 Å². The molecule has 2 rings (SSSR count). The minimum atomic E-state index is 0.530. The van der Waals surface area contributed by atoms with E-state index in [1.165, 1.54) is 12.8 Å². The lowest BCUT2D eigenvalue weighted by molar-refractivity contribution is 0.851. The summed E-state index contributed by atoms with van der Waals surface area (Å²) < 4.78 is 0. The maximum absolute atomic E-state index is 6.00. The molecule has 1 fully saturated rings. The van der Waals surface area contributed by atoms with Crippen molar-refractivity contribution >= 4 is 17.8 Å². The molecule has 0 atom stereocenters. The highest BCUT2D eigenvalue weighted by Gasteiger charge is 2.19. The Morgan fingerprint density at radius 2 is 2.41 bits per heavy atom. The van der Waals surface area contributed by atoms with Crippen molar-refractivity contribution in [2.45, 2.75) is 19.3 Å². The van der Waals surface area contributed by atoms with Crippen LogP contribution in [0.1, 0.15) is 18.4 Å². The zero-order valence-electron chi connectivity index (χ0n) is 9.64. The normalized spacial score (nSPS) is 16.6. The van der Waals surface area contributed by atoms with Crippen molar-refractivity contribution in [3.63, 3.8) is 0 Å². The first-order chi connectivity index (χ1) is 8.29. The van der Waals surface area contributed by atoms with Gasteiger partial charge < -0.3 is 5.73 Å². The summed E-state index contributed by atoms with van der Waals surface area (Å²) in [4.78, 5) is 8.43. The molecule has 2 N–H and O–H groups in total. The molecule has 1 aromatic heterocycles. The number of aliphatic imine (C=N–C) groups is 1. The van der Waals surface area contributed by atoms with Crippen LogP contribution in [0.5, 0.6) is 0 Å². The van der Waals surface area contributed by atoms with Gasteiger partial charge in [0.15, 0.2) is 0 Å². The first kappa shape index (κ1) is 12.1. The smallest absolute Gasteiger partial charge is 0.132 e. The number of halogens is 1. The number of rotatable bonds is 5. The molecule has 1 aliphatic carbocycles. The van der Waals surface area contributed by atoms with Gasteiger partial charge in [-0.1, -0.05) is 17.7 Å². The van der Waals surface area contributed by atoms with Gasteiger partial charge in [-0.05, 0) is 42.2 Å². The van der Waals surface area contributed by atoms with Gasteiger partial charge in [-0.15, -0.1) is 0 Å². The summed E-state index contributed by atoms with van der Waals surface area (Å²) >= 11 is 6.00. The third kappa shape index (κ3) is 3.86. The average molecular weight is 250 g/mol. The number of hydrogen-bond donors (Lipinski definition) is 1. The average Bonchev–Trinajstić information content (AvgIpc) is 3.14. The Morgan fingerprint density at radius 3 is 3.06 bits per heavy atom. The lowest BCUT2D eigenvalue weighted by Gasteiger charge is -2.03. The molecule has 0 radical (unpaired) electrons. The van der Waals surface area contributed by atoms with Crippen LogP contribution in [-0.2, 0) is 6.42 Å². The number of nitrogens with two attached hydrogens (primary N) is 1. The van der Waals surface area contributed by atoms with Crippen molar-refractivity contribution in [1.29, 1.82) is 0 Å². The summed E-state index contributed by atoms with van der Waals surface area (Å²) in [5, 5.41) is 0.530. The molecular weight excluding hydrogens is 234 g/mol. The minimum Gasteiger partial charge on any atom is -0.404 e. The summed E-state index contributed by atoms with van der Waals surface area (Å²) in [7, 11) is 0. The molecule has 90 valence electrons. The molecule has 1 aliphatic rings. The zero-order valence-corrected chi connectivity index (χ0v) is 10.4. The van der Waals surface area contributed by atoms with E-state index in [4.69, 9.17) is 17.3 Å². The van der Waals surface area contributed by atoms with Gasteiger partial charge in [0, 0.05) is 25.4 Å². The molecule has 0 amide bonds. The largest absolute Gasteiger partial charge is 0.404 e. The fourth-order valence-electron chi connectivity index (χ4n) is 1.54. The highest BCUT2D eigenvalue weighted by atomic mass is 35.5. The SMILES string of the molecule is NC=C(C=NCC1CC1)Cc1cccnc1Cl. The monoisotopic (exact) mass is 249 g/mol. The van der Waals surface area contributed by atoms with Crippen LogP contribution < -0.4 is 5.73 Å². The predicted molar refractivity (Wildman–Crippen MR) is 71.3 cm³/mol. The molecule has 4 heteroatoms. The number of aromatic nitrogens is 1. The topological polar surface area (TPSA) is 51.3 Å². The molecule has 1 heterocycles. The molecule has 0 saturated heterocycles. The third-order valence-corrected chi connectivity index (χ3v) is 3.10. The summed E-state index contributed by atoms with van der Waals surface area (Å²) in [5.74, 6) is 0.798. The van der Waals surface area contributed by atoms with Crippen molar-refractivity contribution in [2.75, 3.05) is 6.54 Å². The zero-order chi connectivity index (χ0) is 12.1. The van der Waals surface area contributed by atoms with E-state index in [1.54, 1.807) is 12.4 Å². The number of nitrogens with zero attached hydrogens (tertiary/aromatic N) is 2. The summed E-state index contributed by atoms with van der Waals surface area (Å²) in [6, 6.07) is 3.82. The van der Waals surface area contributed by atoms with Crippen LogP contribution in [0.3, 0.4) is 0 Å². The van der Waals surface area contributed by atoms with Gasteiger partial charge >= 0.3 is 0 Å². The Morgan fingerprint density at radius 1 is 1.59 bits per heavy atom. The number of pyridine rings is 1. The van der Waals surface area contributed by atoms with E-state index in [-0.39, 0.29) is 0 Å². The lowest BCUT2D eigenvalue weighted by atomic mass is 10.1. The van der Waals surface area contributed by atoms with Crippen molar-refractivity contribution in [1.82, 2.24) is 4.98 Å². The first-order valence-electron chi connectivity index (χ1n) is 5.79. The van der Waals surface area contributed by atoms with Crippen molar-refractivity contribution in [3.8, 4) is 0 Å². The van der Waals surface area contributed by atoms with E-state index in [2.05, 4.69) is 9.98 Å². The number of hydrogen-bond acceptors (Lipinski definition) is 3. The molecule has 0 aromatic carbocycles. The van der Waals surface area contributed by atoms with Gasteiger partial charge in [0.05, 0.1) is 0 Å². The van der Waals surface area contributed by atoms with Gasteiger partial charge in [-0.25, -0.2) is 4.98 Å². The highest BCUT2D eigenvalue weighted by Crippen LogP contribution is 2.28. The molecule has 1 saturated carbocycles. The van der Waals surface area contributed by atoms with Crippen LogP contribution in [0.15, 0.2) is 35.1 Å². The Labute approximate surface area is 106 Å². The minimum absolute atomic E-state index is 0.530. The third-order valence-electron chi connectivity index (χ3n) is 2.76. The molecule has 0 bridgehead atoms. The molecule has 17 heavy (non-hydrogen) atoms. The molecular formula is C13H16ClN3. The fourth-order valence-corrected chi connectivity index (χ4v) is 1.72. The predicted octanol–water partition coefficient (Wildman–Crippen LogP) is 2.60. The van der Waals surface area contributed by atoms with Gasteiger partial charge in [-0.3, -0.25) is 4.99 Å². The van der Waals surface area contributed by atoms with Crippen LogP contribution in [0.4, 0.5) is 0 Å². The molecule has 0 unspecified atom stereocenters.